The van der Waals surface area contributed by atoms with Crippen LogP contribution in [0.5, 0.6) is 0 Å². The first-order valence-electron chi connectivity index (χ1n) is 6.62. The van der Waals surface area contributed by atoms with Crippen LogP contribution in [-0.4, -0.2) is 24.5 Å². The molecule has 0 aliphatic carbocycles. The van der Waals surface area contributed by atoms with Crippen LogP contribution in [0.3, 0.4) is 0 Å². The van der Waals surface area contributed by atoms with Crippen LogP contribution in [0.1, 0.15) is 36.5 Å². The maximum absolute atomic E-state index is 11.6. The van der Waals surface area contributed by atoms with E-state index in [0.717, 1.165) is 31.5 Å². The quantitative estimate of drug-likeness (QED) is 0.892. The highest BCUT2D eigenvalue weighted by molar-refractivity contribution is 6.31. The molecule has 0 saturated carbocycles. The van der Waals surface area contributed by atoms with Crippen LogP contribution < -0.4 is 16.4 Å². The second kappa shape index (κ2) is 5.80. The maximum Gasteiger partial charge on any atom is 0.250 e. The Hall–Kier alpha value is -1.26. The average Bonchev–Trinajstić information content (AvgIpc) is 2.38. The fraction of sp³-hybridized carbons (Fsp3) is 0.500. The minimum Gasteiger partial charge on any atom is -0.366 e. The van der Waals surface area contributed by atoms with Gasteiger partial charge >= 0.3 is 0 Å². The fourth-order valence-electron chi connectivity index (χ4n) is 2.75. The lowest BCUT2D eigenvalue weighted by molar-refractivity contribution is 0.100. The highest BCUT2D eigenvalue weighted by Crippen LogP contribution is 2.31. The highest BCUT2D eigenvalue weighted by atomic mass is 35.5. The lowest BCUT2D eigenvalue weighted by Crippen LogP contribution is -2.49. The van der Waals surface area contributed by atoms with Crippen molar-refractivity contribution in [1.29, 1.82) is 0 Å². The van der Waals surface area contributed by atoms with Gasteiger partial charge in [0.15, 0.2) is 0 Å². The number of primary amides is 1. The number of carbonyl (C=O) groups is 1. The van der Waals surface area contributed by atoms with Gasteiger partial charge in [-0.05, 0) is 44.4 Å². The number of hydrogen-bond donors (Lipinski definition) is 2. The summed E-state index contributed by atoms with van der Waals surface area (Å²) in [7, 11) is 0. The Labute approximate surface area is 118 Å². The van der Waals surface area contributed by atoms with Crippen LogP contribution in [0.15, 0.2) is 18.2 Å². The van der Waals surface area contributed by atoms with Gasteiger partial charge < -0.3 is 16.4 Å². The molecular weight excluding hydrogens is 262 g/mol. The van der Waals surface area contributed by atoms with Gasteiger partial charge in [-0.1, -0.05) is 11.6 Å². The molecule has 1 fully saturated rings. The van der Waals surface area contributed by atoms with Crippen molar-refractivity contribution in [1.82, 2.24) is 0 Å². The number of nitrogens with two attached hydrogens (primary N) is 2. The predicted octanol–water partition coefficient (Wildman–Crippen LogP) is 2.15. The van der Waals surface area contributed by atoms with Crippen molar-refractivity contribution in [2.75, 3.05) is 11.4 Å². The summed E-state index contributed by atoms with van der Waals surface area (Å²) in [4.78, 5) is 13.8. The van der Waals surface area contributed by atoms with Crippen LogP contribution in [0.2, 0.25) is 5.02 Å². The molecule has 0 radical (unpaired) electrons. The molecule has 1 heterocycles. The molecule has 2 rings (SSSR count). The van der Waals surface area contributed by atoms with E-state index in [2.05, 4.69) is 4.90 Å². The Morgan fingerprint density at radius 1 is 1.47 bits per heavy atom. The molecule has 4 nitrogen and oxygen atoms in total. The zero-order valence-electron chi connectivity index (χ0n) is 11.1. The van der Waals surface area contributed by atoms with Gasteiger partial charge in [-0.3, -0.25) is 4.79 Å². The Balaban J connectivity index is 2.43. The van der Waals surface area contributed by atoms with Crippen LogP contribution in [-0.2, 0) is 0 Å². The van der Waals surface area contributed by atoms with Crippen molar-refractivity contribution in [3.8, 4) is 0 Å². The fourth-order valence-corrected chi connectivity index (χ4v) is 2.92. The van der Waals surface area contributed by atoms with Crippen molar-refractivity contribution < 1.29 is 4.79 Å². The summed E-state index contributed by atoms with van der Waals surface area (Å²) in [5, 5.41) is 0.606. The summed E-state index contributed by atoms with van der Waals surface area (Å²) in [5.41, 5.74) is 12.8. The third-order valence-corrected chi connectivity index (χ3v) is 3.93. The van der Waals surface area contributed by atoms with Gasteiger partial charge in [0, 0.05) is 23.7 Å². The number of rotatable bonds is 3. The number of carbonyl (C=O) groups excluding carboxylic acids is 1. The summed E-state index contributed by atoms with van der Waals surface area (Å²) in [6.07, 6.45) is 3.28. The van der Waals surface area contributed by atoms with Gasteiger partial charge in [0.2, 0.25) is 0 Å². The lowest BCUT2D eigenvalue weighted by Gasteiger charge is -2.40. The molecule has 1 aliphatic rings. The minimum absolute atomic E-state index is 0.0417. The normalized spacial score (nSPS) is 21.2. The summed E-state index contributed by atoms with van der Waals surface area (Å²) in [6.45, 7) is 2.88. The van der Waals surface area contributed by atoms with Gasteiger partial charge in [-0.2, -0.15) is 0 Å². The zero-order valence-corrected chi connectivity index (χ0v) is 11.9. The largest absolute Gasteiger partial charge is 0.366 e. The second-order valence-corrected chi connectivity index (χ2v) is 5.58. The molecule has 0 spiro atoms. The molecule has 19 heavy (non-hydrogen) atoms. The molecule has 4 N–H and O–H groups in total. The Bertz CT molecular complexity index is 476. The molecule has 1 aromatic rings. The molecule has 1 aliphatic heterocycles. The number of halogens is 1. The zero-order chi connectivity index (χ0) is 14.0. The van der Waals surface area contributed by atoms with E-state index in [1.807, 2.05) is 13.0 Å². The molecule has 2 atom stereocenters. The topological polar surface area (TPSA) is 72.3 Å². The van der Waals surface area contributed by atoms with E-state index in [9.17, 15) is 4.79 Å². The van der Waals surface area contributed by atoms with E-state index in [-0.39, 0.29) is 12.1 Å². The number of amides is 1. The maximum atomic E-state index is 11.6. The van der Waals surface area contributed by atoms with Crippen molar-refractivity contribution in [3.63, 3.8) is 0 Å². The van der Waals surface area contributed by atoms with E-state index in [1.165, 1.54) is 0 Å². The second-order valence-electron chi connectivity index (χ2n) is 5.14. The first-order valence-corrected chi connectivity index (χ1v) is 7.00. The van der Waals surface area contributed by atoms with E-state index in [0.29, 0.717) is 10.6 Å². The van der Waals surface area contributed by atoms with E-state index in [4.69, 9.17) is 23.1 Å². The Morgan fingerprint density at radius 3 is 2.84 bits per heavy atom. The van der Waals surface area contributed by atoms with Crippen LogP contribution in [0, 0.1) is 0 Å². The first kappa shape index (κ1) is 14.2. The summed E-state index contributed by atoms with van der Waals surface area (Å²) < 4.78 is 0. The monoisotopic (exact) mass is 281 g/mol. The first-order chi connectivity index (χ1) is 9.00. The summed E-state index contributed by atoms with van der Waals surface area (Å²) >= 11 is 6.06. The molecule has 2 unspecified atom stereocenters. The van der Waals surface area contributed by atoms with Gasteiger partial charge in [0.1, 0.15) is 0 Å². The van der Waals surface area contributed by atoms with Crippen molar-refractivity contribution in [2.24, 2.45) is 11.5 Å². The smallest absolute Gasteiger partial charge is 0.250 e. The molecule has 1 amide bonds. The van der Waals surface area contributed by atoms with Crippen molar-refractivity contribution >= 4 is 23.2 Å². The van der Waals surface area contributed by atoms with Gasteiger partial charge in [-0.25, -0.2) is 0 Å². The molecule has 0 bridgehead atoms. The van der Waals surface area contributed by atoms with Crippen LogP contribution >= 0.6 is 11.6 Å². The highest BCUT2D eigenvalue weighted by Gasteiger charge is 2.28. The van der Waals surface area contributed by atoms with E-state index < -0.39 is 5.91 Å². The van der Waals surface area contributed by atoms with Gasteiger partial charge in [0.25, 0.3) is 5.91 Å². The minimum atomic E-state index is -0.430. The molecule has 0 aromatic heterocycles. The average molecular weight is 282 g/mol. The molecule has 5 heteroatoms. The third-order valence-electron chi connectivity index (χ3n) is 3.69. The molecule has 1 aromatic carbocycles. The Kier molecular flexibility index (Phi) is 4.32. The number of benzene rings is 1. The number of anilines is 1. The van der Waals surface area contributed by atoms with Crippen LogP contribution in [0.4, 0.5) is 5.69 Å². The number of hydrogen-bond acceptors (Lipinski definition) is 3. The van der Waals surface area contributed by atoms with E-state index in [1.54, 1.807) is 12.1 Å². The summed E-state index contributed by atoms with van der Waals surface area (Å²) in [5.74, 6) is -0.430. The lowest BCUT2D eigenvalue weighted by atomic mass is 9.95. The van der Waals surface area contributed by atoms with Gasteiger partial charge in [-0.15, -0.1) is 0 Å². The van der Waals surface area contributed by atoms with Crippen molar-refractivity contribution in [3.05, 3.63) is 28.8 Å². The van der Waals surface area contributed by atoms with E-state index >= 15 is 0 Å². The third kappa shape index (κ3) is 3.01. The SMILES string of the molecule is CC(N)C1CCCCN1c1cc(Cl)ccc1C(N)=O. The van der Waals surface area contributed by atoms with Gasteiger partial charge in [0.05, 0.1) is 11.3 Å². The molecule has 104 valence electrons. The molecular formula is C14H20ClN3O. The number of piperidine rings is 1. The van der Waals surface area contributed by atoms with Crippen molar-refractivity contribution in [2.45, 2.75) is 38.3 Å². The predicted molar refractivity (Wildman–Crippen MR) is 78.6 cm³/mol. The number of nitrogens with zero attached hydrogens (tertiary/aromatic N) is 1. The Morgan fingerprint density at radius 2 is 2.21 bits per heavy atom. The molecule has 1 saturated heterocycles. The van der Waals surface area contributed by atoms with Crippen LogP contribution in [0.25, 0.3) is 0 Å². The summed E-state index contributed by atoms with van der Waals surface area (Å²) in [6, 6.07) is 5.45. The standard InChI is InChI=1S/C14H20ClN3O/c1-9(16)12-4-2-3-7-18(12)13-8-10(15)5-6-11(13)14(17)19/h5-6,8-9,12H,2-4,7,16H2,1H3,(H2,17,19).